The minimum absolute atomic E-state index is 0. The molecule has 2 heterocycles. The minimum atomic E-state index is -0.0947. The van der Waals surface area contributed by atoms with Gasteiger partial charge in [-0.25, -0.2) is 4.99 Å². The lowest BCUT2D eigenvalue weighted by atomic mass is 10.0. The maximum Gasteiger partial charge on any atom is 0.191 e. The average molecular weight is 511 g/mol. The number of hydrogen-bond donors (Lipinski definition) is 2. The number of nitrogens with zero attached hydrogens (tertiary/aromatic N) is 3. The summed E-state index contributed by atoms with van der Waals surface area (Å²) in [5.74, 6) is 0.828. The van der Waals surface area contributed by atoms with E-state index in [9.17, 15) is 0 Å². The predicted molar refractivity (Wildman–Crippen MR) is 129 cm³/mol. The topological polar surface area (TPSA) is 63.5 Å². The first-order valence-corrected chi connectivity index (χ1v) is 10.2. The fourth-order valence-corrected chi connectivity index (χ4v) is 3.62. The van der Waals surface area contributed by atoms with Crippen molar-refractivity contribution in [1.82, 2.24) is 20.4 Å². The zero-order valence-electron chi connectivity index (χ0n) is 18.0. The number of hydrogen-bond acceptors (Lipinski definition) is 3. The Bertz CT molecular complexity index is 797. The number of aryl methyl sites for hydroxylation is 1. The Balaban J connectivity index is 0.00000300. The van der Waals surface area contributed by atoms with Crippen molar-refractivity contribution < 1.29 is 4.74 Å². The van der Waals surface area contributed by atoms with E-state index in [4.69, 9.17) is 14.8 Å². The second-order valence-electron chi connectivity index (χ2n) is 7.74. The normalized spacial score (nSPS) is 19.1. The van der Waals surface area contributed by atoms with Gasteiger partial charge in [-0.1, -0.05) is 30.3 Å². The molecule has 0 amide bonds. The van der Waals surface area contributed by atoms with Crippen molar-refractivity contribution in [2.45, 2.75) is 59.2 Å². The molecule has 29 heavy (non-hydrogen) atoms. The third-order valence-electron chi connectivity index (χ3n) is 5.38. The Labute approximate surface area is 191 Å². The Morgan fingerprint density at radius 3 is 2.66 bits per heavy atom. The monoisotopic (exact) mass is 511 g/mol. The zero-order chi connectivity index (χ0) is 20.0. The van der Waals surface area contributed by atoms with E-state index in [1.54, 1.807) is 0 Å². The molecule has 6 nitrogen and oxygen atoms in total. The highest BCUT2D eigenvalue weighted by Crippen LogP contribution is 2.23. The molecule has 1 aromatic carbocycles. The highest BCUT2D eigenvalue weighted by Gasteiger charge is 2.29. The summed E-state index contributed by atoms with van der Waals surface area (Å²) < 4.78 is 7.94. The van der Waals surface area contributed by atoms with Gasteiger partial charge in [0.05, 0.1) is 24.4 Å². The van der Waals surface area contributed by atoms with E-state index in [2.05, 4.69) is 67.3 Å². The van der Waals surface area contributed by atoms with E-state index in [0.29, 0.717) is 6.54 Å². The first-order valence-electron chi connectivity index (χ1n) is 10.2. The van der Waals surface area contributed by atoms with Gasteiger partial charge < -0.3 is 15.4 Å². The van der Waals surface area contributed by atoms with E-state index in [1.807, 2.05) is 6.07 Å². The van der Waals surface area contributed by atoms with Gasteiger partial charge in [-0.15, -0.1) is 24.0 Å². The molecule has 3 rings (SSSR count). The van der Waals surface area contributed by atoms with Gasteiger partial charge >= 0.3 is 0 Å². The summed E-state index contributed by atoms with van der Waals surface area (Å²) in [6.45, 7) is 12.3. The van der Waals surface area contributed by atoms with E-state index in [1.165, 1.54) is 16.8 Å². The highest BCUT2D eigenvalue weighted by molar-refractivity contribution is 14.0. The summed E-state index contributed by atoms with van der Waals surface area (Å²) in [7, 11) is 0. The van der Waals surface area contributed by atoms with Crippen LogP contribution in [0.15, 0.2) is 35.3 Å². The first kappa shape index (κ1) is 23.7. The van der Waals surface area contributed by atoms with Crippen molar-refractivity contribution in [3.8, 4) is 0 Å². The molecular formula is C22H34IN5O. The quantitative estimate of drug-likeness (QED) is 0.338. The summed E-state index contributed by atoms with van der Waals surface area (Å²) in [6.07, 6.45) is 2.22. The second kappa shape index (κ2) is 11.0. The van der Waals surface area contributed by atoms with Gasteiger partial charge in [0, 0.05) is 31.0 Å². The standard InChI is InChI=1S/C22H33N5O.HI/c1-5-23-21(25-16-22(4)12-9-13-28-22)24-14-20-17(2)26-27(18(20)3)15-19-10-7-6-8-11-19;/h6-8,10-11H,5,9,12-16H2,1-4H3,(H2,23,24,25);1H. The van der Waals surface area contributed by atoms with Crippen LogP contribution in [0.25, 0.3) is 0 Å². The van der Waals surface area contributed by atoms with Crippen LogP contribution in [0.4, 0.5) is 0 Å². The van der Waals surface area contributed by atoms with E-state index < -0.39 is 0 Å². The molecule has 1 atom stereocenters. The van der Waals surface area contributed by atoms with Crippen LogP contribution in [-0.2, 0) is 17.8 Å². The number of nitrogens with one attached hydrogen (secondary N) is 2. The maximum absolute atomic E-state index is 5.87. The number of ether oxygens (including phenoxy) is 1. The van der Waals surface area contributed by atoms with Crippen molar-refractivity contribution in [1.29, 1.82) is 0 Å². The number of guanidine groups is 1. The number of benzene rings is 1. The van der Waals surface area contributed by atoms with Gasteiger partial charge in [0.2, 0.25) is 0 Å². The van der Waals surface area contributed by atoms with Crippen LogP contribution in [0.2, 0.25) is 0 Å². The van der Waals surface area contributed by atoms with Crippen molar-refractivity contribution in [3.63, 3.8) is 0 Å². The molecule has 1 aliphatic heterocycles. The molecule has 1 aromatic heterocycles. The van der Waals surface area contributed by atoms with Crippen molar-refractivity contribution >= 4 is 29.9 Å². The molecule has 160 valence electrons. The van der Waals surface area contributed by atoms with Gasteiger partial charge in [0.25, 0.3) is 0 Å². The SMILES string of the molecule is CCNC(=NCc1c(C)nn(Cc2ccccc2)c1C)NCC1(C)CCCO1.I. The summed E-state index contributed by atoms with van der Waals surface area (Å²) >= 11 is 0. The summed E-state index contributed by atoms with van der Waals surface area (Å²) in [6, 6.07) is 10.4. The van der Waals surface area contributed by atoms with Crippen molar-refractivity contribution in [2.75, 3.05) is 19.7 Å². The molecule has 0 aliphatic carbocycles. The van der Waals surface area contributed by atoms with Gasteiger partial charge in [-0.2, -0.15) is 5.10 Å². The van der Waals surface area contributed by atoms with Gasteiger partial charge in [-0.3, -0.25) is 4.68 Å². The summed E-state index contributed by atoms with van der Waals surface area (Å²) in [5, 5.41) is 11.5. The molecular weight excluding hydrogens is 477 g/mol. The average Bonchev–Trinajstić information content (AvgIpc) is 3.23. The van der Waals surface area contributed by atoms with Crippen LogP contribution in [0.3, 0.4) is 0 Å². The molecule has 2 aromatic rings. The lowest BCUT2D eigenvalue weighted by Gasteiger charge is -2.24. The van der Waals surface area contributed by atoms with Crippen molar-refractivity contribution in [3.05, 3.63) is 52.8 Å². The largest absolute Gasteiger partial charge is 0.373 e. The number of aromatic nitrogens is 2. The lowest BCUT2D eigenvalue weighted by molar-refractivity contribution is 0.0243. The summed E-state index contributed by atoms with van der Waals surface area (Å²) in [4.78, 5) is 4.80. The van der Waals surface area contributed by atoms with Crippen LogP contribution >= 0.6 is 24.0 Å². The molecule has 1 unspecified atom stereocenters. The van der Waals surface area contributed by atoms with E-state index in [0.717, 1.165) is 50.7 Å². The number of aliphatic imine (C=N–C) groups is 1. The maximum atomic E-state index is 5.87. The molecule has 1 saturated heterocycles. The molecule has 0 spiro atoms. The molecule has 0 saturated carbocycles. The van der Waals surface area contributed by atoms with Crippen LogP contribution < -0.4 is 10.6 Å². The molecule has 2 N–H and O–H groups in total. The van der Waals surface area contributed by atoms with E-state index >= 15 is 0 Å². The Kier molecular flexibility index (Phi) is 8.95. The van der Waals surface area contributed by atoms with E-state index in [-0.39, 0.29) is 29.6 Å². The molecule has 7 heteroatoms. The number of rotatable bonds is 7. The molecule has 0 radical (unpaired) electrons. The lowest BCUT2D eigenvalue weighted by Crippen LogP contribution is -2.45. The minimum Gasteiger partial charge on any atom is -0.373 e. The Hall–Kier alpha value is -1.61. The molecule has 1 aliphatic rings. The van der Waals surface area contributed by atoms with Crippen LogP contribution in [0.5, 0.6) is 0 Å². The molecule has 0 bridgehead atoms. The van der Waals surface area contributed by atoms with Gasteiger partial charge in [0.1, 0.15) is 0 Å². The van der Waals surface area contributed by atoms with Crippen LogP contribution in [0, 0.1) is 13.8 Å². The van der Waals surface area contributed by atoms with Crippen LogP contribution in [-0.4, -0.2) is 41.0 Å². The third-order valence-corrected chi connectivity index (χ3v) is 5.38. The zero-order valence-corrected chi connectivity index (χ0v) is 20.3. The second-order valence-corrected chi connectivity index (χ2v) is 7.74. The predicted octanol–water partition coefficient (Wildman–Crippen LogP) is 3.79. The fraction of sp³-hybridized carbons (Fsp3) is 0.545. The van der Waals surface area contributed by atoms with Crippen LogP contribution in [0.1, 0.15) is 49.2 Å². The number of halogens is 1. The first-order chi connectivity index (χ1) is 13.5. The Morgan fingerprint density at radius 1 is 1.24 bits per heavy atom. The summed E-state index contributed by atoms with van der Waals surface area (Å²) in [5.41, 5.74) is 4.56. The van der Waals surface area contributed by atoms with Gasteiger partial charge in [0.15, 0.2) is 5.96 Å². The smallest absolute Gasteiger partial charge is 0.191 e. The molecule has 1 fully saturated rings. The third kappa shape index (κ3) is 6.44. The van der Waals surface area contributed by atoms with Crippen molar-refractivity contribution in [2.24, 2.45) is 4.99 Å². The Morgan fingerprint density at radius 2 is 2.00 bits per heavy atom. The fourth-order valence-electron chi connectivity index (χ4n) is 3.62. The van der Waals surface area contributed by atoms with Gasteiger partial charge in [-0.05, 0) is 46.1 Å². The highest BCUT2D eigenvalue weighted by atomic mass is 127.